The quantitative estimate of drug-likeness (QED) is 0.729. The summed E-state index contributed by atoms with van der Waals surface area (Å²) in [5.41, 5.74) is 5.39. The minimum atomic E-state index is -0.0541. The number of nitrogens with zero attached hydrogens (tertiary/aromatic N) is 4. The third-order valence-corrected chi connectivity index (χ3v) is 3.74. The van der Waals surface area contributed by atoms with E-state index >= 15 is 0 Å². The highest BCUT2D eigenvalue weighted by Gasteiger charge is 2.17. The van der Waals surface area contributed by atoms with Crippen molar-refractivity contribution in [3.8, 4) is 0 Å². The summed E-state index contributed by atoms with van der Waals surface area (Å²) >= 11 is 0. The summed E-state index contributed by atoms with van der Waals surface area (Å²) in [6.45, 7) is 5.40. The maximum Gasteiger partial charge on any atom is 0.241 e. The Kier molecular flexibility index (Phi) is 5.34. The van der Waals surface area contributed by atoms with Crippen LogP contribution in [0.4, 0.5) is 5.95 Å². The second-order valence-corrected chi connectivity index (χ2v) is 5.38. The van der Waals surface area contributed by atoms with E-state index in [-0.39, 0.29) is 18.4 Å². The molecule has 0 radical (unpaired) electrons. The number of amides is 1. The third-order valence-electron chi connectivity index (χ3n) is 3.74. The van der Waals surface area contributed by atoms with Gasteiger partial charge in [0, 0.05) is 19.1 Å². The number of carbonyl (C=O) groups is 1. The smallest absolute Gasteiger partial charge is 0.241 e. The lowest BCUT2D eigenvalue weighted by Crippen LogP contribution is -2.39. The van der Waals surface area contributed by atoms with Crippen LogP contribution in [0.1, 0.15) is 32.6 Å². The van der Waals surface area contributed by atoms with Gasteiger partial charge in [-0.05, 0) is 32.7 Å². The van der Waals surface area contributed by atoms with Crippen LogP contribution in [-0.2, 0) is 11.3 Å². The summed E-state index contributed by atoms with van der Waals surface area (Å²) in [6.07, 6.45) is 6.37. The van der Waals surface area contributed by atoms with Gasteiger partial charge in [0.1, 0.15) is 12.9 Å². The van der Waals surface area contributed by atoms with E-state index in [4.69, 9.17) is 5.73 Å². The first-order valence-electron chi connectivity index (χ1n) is 7.31. The van der Waals surface area contributed by atoms with Crippen molar-refractivity contribution in [2.45, 2.75) is 45.2 Å². The van der Waals surface area contributed by atoms with Crippen LogP contribution in [0, 0.1) is 0 Å². The van der Waals surface area contributed by atoms with E-state index in [9.17, 15) is 4.79 Å². The predicted octanol–water partition coefficient (Wildman–Crippen LogP) is 0.241. The first-order chi connectivity index (χ1) is 9.65. The van der Waals surface area contributed by atoms with E-state index in [1.807, 2.05) is 0 Å². The van der Waals surface area contributed by atoms with E-state index in [1.54, 1.807) is 0 Å². The molecule has 2 heterocycles. The van der Waals surface area contributed by atoms with Crippen molar-refractivity contribution in [1.29, 1.82) is 0 Å². The first-order valence-corrected chi connectivity index (χ1v) is 7.31. The van der Waals surface area contributed by atoms with Gasteiger partial charge in [-0.2, -0.15) is 0 Å². The lowest BCUT2D eigenvalue weighted by Gasteiger charge is -2.33. The normalized spacial score (nSPS) is 19.9. The van der Waals surface area contributed by atoms with Gasteiger partial charge < -0.3 is 16.0 Å². The number of hydrogen-bond acceptors (Lipinski definition) is 5. The van der Waals surface area contributed by atoms with Gasteiger partial charge in [-0.1, -0.05) is 6.42 Å². The number of nitrogens with two attached hydrogens (primary N) is 1. The molecule has 1 atom stereocenters. The van der Waals surface area contributed by atoms with Gasteiger partial charge >= 0.3 is 0 Å². The molecule has 1 unspecified atom stereocenters. The van der Waals surface area contributed by atoms with Crippen LogP contribution < -0.4 is 11.1 Å². The molecule has 0 saturated carbocycles. The molecule has 20 heavy (non-hydrogen) atoms. The molecule has 0 aliphatic carbocycles. The molecule has 0 bridgehead atoms. The molecule has 7 heteroatoms. The molecule has 1 aliphatic rings. The molecule has 0 spiro atoms. The molecule has 7 nitrogen and oxygen atoms in total. The standard InChI is InChI=1S/C13H24N6O/c1-11-5-2-3-7-18(11)8-4-6-15-12(20)9-19-10-16-13(14)17-19/h10-11H,2-9H2,1H3,(H2,14,17)(H,15,20). The molecule has 2 rings (SSSR count). The number of nitrogen functional groups attached to an aromatic ring is 1. The molecule has 112 valence electrons. The number of likely N-dealkylation sites (tertiary alicyclic amines) is 1. The van der Waals surface area contributed by atoms with Crippen molar-refractivity contribution in [3.63, 3.8) is 0 Å². The predicted molar refractivity (Wildman–Crippen MR) is 76.9 cm³/mol. The van der Waals surface area contributed by atoms with Crippen LogP contribution in [0.5, 0.6) is 0 Å². The monoisotopic (exact) mass is 280 g/mol. The van der Waals surface area contributed by atoms with E-state index in [1.165, 1.54) is 36.8 Å². The molecular formula is C13H24N6O. The maximum absolute atomic E-state index is 11.7. The van der Waals surface area contributed by atoms with Crippen molar-refractivity contribution in [2.24, 2.45) is 0 Å². The zero-order chi connectivity index (χ0) is 14.4. The summed E-state index contributed by atoms with van der Waals surface area (Å²) in [5.74, 6) is 0.137. The zero-order valence-electron chi connectivity index (χ0n) is 12.1. The number of carbonyl (C=O) groups excluding carboxylic acids is 1. The number of nitrogens with one attached hydrogen (secondary N) is 1. The molecular weight excluding hydrogens is 256 g/mol. The van der Waals surface area contributed by atoms with Gasteiger partial charge in [-0.15, -0.1) is 5.10 Å². The van der Waals surface area contributed by atoms with Crippen LogP contribution in [-0.4, -0.2) is 51.2 Å². The zero-order valence-corrected chi connectivity index (χ0v) is 12.1. The fourth-order valence-electron chi connectivity index (χ4n) is 2.59. The SMILES string of the molecule is CC1CCCCN1CCCNC(=O)Cn1cnc(N)n1. The largest absolute Gasteiger partial charge is 0.367 e. The Bertz CT molecular complexity index is 432. The number of anilines is 1. The molecule has 1 aliphatic heterocycles. The summed E-state index contributed by atoms with van der Waals surface area (Å²) in [5, 5.41) is 6.78. The van der Waals surface area contributed by atoms with Gasteiger partial charge in [0.15, 0.2) is 0 Å². The average molecular weight is 280 g/mol. The Labute approximate surface area is 119 Å². The van der Waals surface area contributed by atoms with Crippen LogP contribution in [0.25, 0.3) is 0 Å². The summed E-state index contributed by atoms with van der Waals surface area (Å²) in [4.78, 5) is 18.0. The average Bonchev–Trinajstić information content (AvgIpc) is 2.82. The van der Waals surface area contributed by atoms with Gasteiger partial charge in [0.05, 0.1) is 0 Å². The Hall–Kier alpha value is -1.63. The Balaban J connectivity index is 1.59. The molecule has 1 aromatic heterocycles. The van der Waals surface area contributed by atoms with E-state index in [2.05, 4.69) is 27.2 Å². The van der Waals surface area contributed by atoms with Gasteiger partial charge in [-0.3, -0.25) is 4.79 Å². The number of piperidine rings is 1. The van der Waals surface area contributed by atoms with Gasteiger partial charge in [0.25, 0.3) is 0 Å². The van der Waals surface area contributed by atoms with Crippen molar-refractivity contribution >= 4 is 11.9 Å². The lowest BCUT2D eigenvalue weighted by atomic mass is 10.0. The maximum atomic E-state index is 11.7. The summed E-state index contributed by atoms with van der Waals surface area (Å²) in [6, 6.07) is 0.678. The highest BCUT2D eigenvalue weighted by molar-refractivity contribution is 5.75. The highest BCUT2D eigenvalue weighted by Crippen LogP contribution is 2.15. The number of rotatable bonds is 6. The first kappa shape index (κ1) is 14.8. The van der Waals surface area contributed by atoms with Crippen molar-refractivity contribution in [1.82, 2.24) is 25.0 Å². The van der Waals surface area contributed by atoms with Gasteiger partial charge in [-0.25, -0.2) is 9.67 Å². The van der Waals surface area contributed by atoms with Gasteiger partial charge in [0.2, 0.25) is 11.9 Å². The molecule has 1 saturated heterocycles. The second-order valence-electron chi connectivity index (χ2n) is 5.38. The van der Waals surface area contributed by atoms with Crippen molar-refractivity contribution in [3.05, 3.63) is 6.33 Å². The topological polar surface area (TPSA) is 89.1 Å². The molecule has 3 N–H and O–H groups in total. The summed E-state index contributed by atoms with van der Waals surface area (Å²) < 4.78 is 1.44. The molecule has 0 aromatic carbocycles. The second kappa shape index (κ2) is 7.23. The highest BCUT2D eigenvalue weighted by atomic mass is 16.2. The molecule has 1 aromatic rings. The third kappa shape index (κ3) is 4.48. The van der Waals surface area contributed by atoms with Crippen molar-refractivity contribution in [2.75, 3.05) is 25.4 Å². The molecule has 1 amide bonds. The lowest BCUT2D eigenvalue weighted by molar-refractivity contribution is -0.121. The van der Waals surface area contributed by atoms with Crippen LogP contribution in [0.3, 0.4) is 0 Å². The van der Waals surface area contributed by atoms with Crippen LogP contribution >= 0.6 is 0 Å². The van der Waals surface area contributed by atoms with E-state index in [0.29, 0.717) is 12.6 Å². The van der Waals surface area contributed by atoms with E-state index < -0.39 is 0 Å². The van der Waals surface area contributed by atoms with Crippen LogP contribution in [0.15, 0.2) is 6.33 Å². The fourth-order valence-corrected chi connectivity index (χ4v) is 2.59. The van der Waals surface area contributed by atoms with Crippen molar-refractivity contribution < 1.29 is 4.79 Å². The Morgan fingerprint density at radius 1 is 1.55 bits per heavy atom. The van der Waals surface area contributed by atoms with Crippen LogP contribution in [0.2, 0.25) is 0 Å². The number of aromatic nitrogens is 3. The minimum Gasteiger partial charge on any atom is -0.367 e. The summed E-state index contributed by atoms with van der Waals surface area (Å²) in [7, 11) is 0. The number of hydrogen-bond donors (Lipinski definition) is 2. The fraction of sp³-hybridized carbons (Fsp3) is 0.769. The van der Waals surface area contributed by atoms with E-state index in [0.717, 1.165) is 13.0 Å². The minimum absolute atomic E-state index is 0.0541. The Morgan fingerprint density at radius 3 is 3.10 bits per heavy atom. The molecule has 1 fully saturated rings. The Morgan fingerprint density at radius 2 is 2.40 bits per heavy atom.